The number of carbonyl (C=O) groups excluding carboxylic acids is 3. The number of carbonyl (C=O) groups is 3. The van der Waals surface area contributed by atoms with E-state index in [1.807, 2.05) is 13.8 Å². The molecule has 1 rings (SSSR count). The number of hydrogen-bond acceptors (Lipinski definition) is 3. The highest BCUT2D eigenvalue weighted by molar-refractivity contribution is 6.04. The van der Waals surface area contributed by atoms with Crippen LogP contribution in [0.4, 0.5) is 0 Å². The van der Waals surface area contributed by atoms with Crippen LogP contribution in [0.25, 0.3) is 0 Å². The van der Waals surface area contributed by atoms with Crippen molar-refractivity contribution in [3.8, 4) is 0 Å². The Morgan fingerprint density at radius 1 is 1.15 bits per heavy atom. The number of rotatable bonds is 4. The molecule has 1 fully saturated rings. The minimum atomic E-state index is -0.517. The summed E-state index contributed by atoms with van der Waals surface area (Å²) in [5, 5.41) is 0. The number of nitrogens with zero attached hydrogens (tertiary/aromatic N) is 2. The Kier molecular flexibility index (Phi) is 8.84. The molecule has 116 valence electrons. The average Bonchev–Trinajstić information content (AvgIpc) is 2.40. The summed E-state index contributed by atoms with van der Waals surface area (Å²) in [7, 11) is 0. The Morgan fingerprint density at radius 3 is 2.15 bits per heavy atom. The molecule has 1 heterocycles. The summed E-state index contributed by atoms with van der Waals surface area (Å²) >= 11 is 0. The molecule has 0 bridgehead atoms. The normalized spacial score (nSPS) is 18.8. The van der Waals surface area contributed by atoms with Crippen LogP contribution in [-0.4, -0.2) is 46.7 Å². The standard InChI is InChI=1S/C12H20N2O3.C3H8/c1-4-6-10(15)14-8-11(16)13(7-5-2)9(3)12(14)17;1-3-2/h9H,4-8H2,1-3H3;3H2,1-2H3/t9-;/m0./s1. The van der Waals surface area contributed by atoms with Crippen molar-refractivity contribution in [2.24, 2.45) is 0 Å². The van der Waals surface area contributed by atoms with Crippen molar-refractivity contribution >= 4 is 17.7 Å². The third kappa shape index (κ3) is 4.94. The summed E-state index contributed by atoms with van der Waals surface area (Å²) in [6.07, 6.45) is 3.07. The fourth-order valence-corrected chi connectivity index (χ4v) is 2.00. The second-order valence-corrected chi connectivity index (χ2v) is 5.04. The summed E-state index contributed by atoms with van der Waals surface area (Å²) in [6, 6.07) is -0.517. The van der Waals surface area contributed by atoms with Gasteiger partial charge in [-0.1, -0.05) is 34.1 Å². The van der Waals surface area contributed by atoms with Gasteiger partial charge in [0.25, 0.3) is 5.91 Å². The van der Waals surface area contributed by atoms with Crippen LogP contribution in [0.5, 0.6) is 0 Å². The smallest absolute Gasteiger partial charge is 0.252 e. The van der Waals surface area contributed by atoms with Crippen LogP contribution < -0.4 is 0 Å². The van der Waals surface area contributed by atoms with Gasteiger partial charge in [-0.3, -0.25) is 19.3 Å². The maximum atomic E-state index is 12.0. The van der Waals surface area contributed by atoms with E-state index in [9.17, 15) is 14.4 Å². The van der Waals surface area contributed by atoms with E-state index in [1.165, 1.54) is 6.42 Å². The molecule has 5 nitrogen and oxygen atoms in total. The molecule has 0 N–H and O–H groups in total. The molecule has 1 atom stereocenters. The zero-order valence-electron chi connectivity index (χ0n) is 13.4. The van der Waals surface area contributed by atoms with Gasteiger partial charge in [0, 0.05) is 13.0 Å². The monoisotopic (exact) mass is 284 g/mol. The summed E-state index contributed by atoms with van der Waals surface area (Å²) in [6.45, 7) is 10.2. The number of imide groups is 1. The molecule has 0 aromatic heterocycles. The Labute approximate surface area is 122 Å². The summed E-state index contributed by atoms with van der Waals surface area (Å²) in [5.74, 6) is -0.631. The molecule has 1 aliphatic heterocycles. The van der Waals surface area contributed by atoms with Gasteiger partial charge in [-0.15, -0.1) is 0 Å². The summed E-state index contributed by atoms with van der Waals surface area (Å²) < 4.78 is 0. The first kappa shape index (κ1) is 18.6. The highest BCUT2D eigenvalue weighted by Gasteiger charge is 2.38. The molecule has 0 unspecified atom stereocenters. The molecular weight excluding hydrogens is 256 g/mol. The van der Waals surface area contributed by atoms with Crippen molar-refractivity contribution in [3.05, 3.63) is 0 Å². The van der Waals surface area contributed by atoms with Crippen LogP contribution in [0.15, 0.2) is 0 Å². The van der Waals surface area contributed by atoms with Gasteiger partial charge >= 0.3 is 0 Å². The molecule has 0 spiro atoms. The first-order valence-corrected chi connectivity index (χ1v) is 7.58. The molecule has 5 heteroatoms. The van der Waals surface area contributed by atoms with Crippen molar-refractivity contribution < 1.29 is 14.4 Å². The fourth-order valence-electron chi connectivity index (χ4n) is 2.00. The number of amides is 3. The minimum absolute atomic E-state index is 0.0952. The lowest BCUT2D eigenvalue weighted by molar-refractivity contribution is -0.161. The van der Waals surface area contributed by atoms with Crippen LogP contribution in [0.2, 0.25) is 0 Å². The van der Waals surface area contributed by atoms with Gasteiger partial charge in [-0.2, -0.15) is 0 Å². The quantitative estimate of drug-likeness (QED) is 0.795. The van der Waals surface area contributed by atoms with Crippen LogP contribution in [0.1, 0.15) is 60.3 Å². The Morgan fingerprint density at radius 2 is 1.70 bits per heavy atom. The largest absolute Gasteiger partial charge is 0.329 e. The Hall–Kier alpha value is -1.39. The SMILES string of the molecule is CCC.CCCC(=O)N1CC(=O)N(CCC)[C@@H](C)C1=O. The molecule has 0 radical (unpaired) electrons. The molecule has 3 amide bonds. The third-order valence-electron chi connectivity index (χ3n) is 2.93. The highest BCUT2D eigenvalue weighted by Crippen LogP contribution is 2.14. The van der Waals surface area contributed by atoms with Crippen molar-refractivity contribution in [1.29, 1.82) is 0 Å². The van der Waals surface area contributed by atoms with E-state index in [4.69, 9.17) is 0 Å². The predicted molar refractivity (Wildman–Crippen MR) is 79.1 cm³/mol. The van der Waals surface area contributed by atoms with E-state index in [0.29, 0.717) is 19.4 Å². The van der Waals surface area contributed by atoms with E-state index in [-0.39, 0.29) is 24.3 Å². The number of piperazine rings is 1. The second kappa shape index (κ2) is 9.50. The van der Waals surface area contributed by atoms with Crippen LogP contribution in [0, 0.1) is 0 Å². The molecule has 20 heavy (non-hydrogen) atoms. The van der Waals surface area contributed by atoms with Crippen LogP contribution in [-0.2, 0) is 14.4 Å². The van der Waals surface area contributed by atoms with Gasteiger partial charge in [-0.05, 0) is 19.8 Å². The van der Waals surface area contributed by atoms with Crippen LogP contribution >= 0.6 is 0 Å². The molecule has 1 aliphatic rings. The van der Waals surface area contributed by atoms with Crippen LogP contribution in [0.3, 0.4) is 0 Å². The zero-order chi connectivity index (χ0) is 15.7. The lowest BCUT2D eigenvalue weighted by atomic mass is 10.1. The van der Waals surface area contributed by atoms with E-state index in [0.717, 1.165) is 11.3 Å². The second-order valence-electron chi connectivity index (χ2n) is 5.04. The average molecular weight is 284 g/mol. The topological polar surface area (TPSA) is 57.7 Å². The third-order valence-corrected chi connectivity index (χ3v) is 2.93. The van der Waals surface area contributed by atoms with Crippen molar-refractivity contribution in [1.82, 2.24) is 9.80 Å². The van der Waals surface area contributed by atoms with Gasteiger partial charge in [0.15, 0.2) is 0 Å². The fraction of sp³-hybridized carbons (Fsp3) is 0.800. The highest BCUT2D eigenvalue weighted by atomic mass is 16.2. The lowest BCUT2D eigenvalue weighted by Crippen LogP contribution is -2.60. The molecule has 0 aromatic rings. The molecule has 0 aromatic carbocycles. The zero-order valence-corrected chi connectivity index (χ0v) is 13.4. The van der Waals surface area contributed by atoms with E-state index < -0.39 is 6.04 Å². The molecule has 1 saturated heterocycles. The van der Waals surface area contributed by atoms with Gasteiger partial charge in [-0.25, -0.2) is 0 Å². The van der Waals surface area contributed by atoms with E-state index in [1.54, 1.807) is 11.8 Å². The minimum Gasteiger partial charge on any atom is -0.329 e. The number of hydrogen-bond donors (Lipinski definition) is 0. The molecular formula is C15H28N2O3. The van der Waals surface area contributed by atoms with Gasteiger partial charge in [0.1, 0.15) is 12.6 Å². The van der Waals surface area contributed by atoms with E-state index in [2.05, 4.69) is 13.8 Å². The van der Waals surface area contributed by atoms with Crippen molar-refractivity contribution in [2.45, 2.75) is 66.3 Å². The van der Waals surface area contributed by atoms with Gasteiger partial charge < -0.3 is 4.90 Å². The summed E-state index contributed by atoms with van der Waals surface area (Å²) in [4.78, 5) is 38.2. The maximum absolute atomic E-state index is 12.0. The van der Waals surface area contributed by atoms with Crippen molar-refractivity contribution in [2.75, 3.05) is 13.1 Å². The van der Waals surface area contributed by atoms with E-state index >= 15 is 0 Å². The first-order chi connectivity index (χ1) is 9.44. The maximum Gasteiger partial charge on any atom is 0.252 e. The van der Waals surface area contributed by atoms with Gasteiger partial charge in [0.2, 0.25) is 11.8 Å². The summed E-state index contributed by atoms with van der Waals surface area (Å²) in [5.41, 5.74) is 0. The Balaban J connectivity index is 0.00000110. The predicted octanol–water partition coefficient (Wildman–Crippen LogP) is 2.20. The molecule has 0 saturated carbocycles. The van der Waals surface area contributed by atoms with Gasteiger partial charge in [0.05, 0.1) is 0 Å². The van der Waals surface area contributed by atoms with Crippen molar-refractivity contribution in [3.63, 3.8) is 0 Å². The molecule has 0 aliphatic carbocycles. The first-order valence-electron chi connectivity index (χ1n) is 7.58. The lowest BCUT2D eigenvalue weighted by Gasteiger charge is -2.37. The Bertz CT molecular complexity index is 342.